The van der Waals surface area contributed by atoms with Gasteiger partial charge in [-0.15, -0.1) is 0 Å². The first-order valence-electron chi connectivity index (χ1n) is 7.08. The fourth-order valence-electron chi connectivity index (χ4n) is 2.22. The SMILES string of the molecule is CCC(C)(C)c1ccc(C(O)c2ccc(F)cc2F)cc1. The minimum Gasteiger partial charge on any atom is -0.384 e. The van der Waals surface area contributed by atoms with Gasteiger partial charge >= 0.3 is 0 Å². The van der Waals surface area contributed by atoms with Gasteiger partial charge < -0.3 is 5.11 Å². The van der Waals surface area contributed by atoms with Crippen LogP contribution in [0.15, 0.2) is 42.5 Å². The van der Waals surface area contributed by atoms with Crippen molar-refractivity contribution in [3.05, 3.63) is 70.8 Å². The van der Waals surface area contributed by atoms with Gasteiger partial charge in [-0.3, -0.25) is 0 Å². The van der Waals surface area contributed by atoms with Crippen LogP contribution >= 0.6 is 0 Å². The zero-order valence-electron chi connectivity index (χ0n) is 12.5. The van der Waals surface area contributed by atoms with E-state index in [0.717, 1.165) is 18.6 Å². The van der Waals surface area contributed by atoms with E-state index in [1.165, 1.54) is 11.6 Å². The van der Waals surface area contributed by atoms with Gasteiger partial charge in [0.15, 0.2) is 0 Å². The highest BCUT2D eigenvalue weighted by molar-refractivity contribution is 5.34. The van der Waals surface area contributed by atoms with Crippen molar-refractivity contribution >= 4 is 0 Å². The van der Waals surface area contributed by atoms with E-state index in [0.29, 0.717) is 5.56 Å². The molecule has 0 spiro atoms. The van der Waals surface area contributed by atoms with Crippen LogP contribution in [0.3, 0.4) is 0 Å². The summed E-state index contributed by atoms with van der Waals surface area (Å²) in [5.41, 5.74) is 1.90. The summed E-state index contributed by atoms with van der Waals surface area (Å²) < 4.78 is 26.6. The molecule has 0 aliphatic carbocycles. The van der Waals surface area contributed by atoms with Crippen molar-refractivity contribution in [2.75, 3.05) is 0 Å². The molecule has 3 heteroatoms. The van der Waals surface area contributed by atoms with Gasteiger partial charge in [0.05, 0.1) is 0 Å². The molecular weight excluding hydrogens is 270 g/mol. The van der Waals surface area contributed by atoms with E-state index < -0.39 is 17.7 Å². The number of hydrogen-bond acceptors (Lipinski definition) is 1. The van der Waals surface area contributed by atoms with Crippen LogP contribution in [0.1, 0.15) is 50.0 Å². The molecule has 112 valence electrons. The van der Waals surface area contributed by atoms with Crippen molar-refractivity contribution in [2.45, 2.75) is 38.7 Å². The summed E-state index contributed by atoms with van der Waals surface area (Å²) >= 11 is 0. The molecule has 1 unspecified atom stereocenters. The maximum absolute atomic E-state index is 13.7. The number of hydrogen-bond donors (Lipinski definition) is 1. The highest BCUT2D eigenvalue weighted by Gasteiger charge is 2.20. The average molecular weight is 290 g/mol. The molecule has 0 bridgehead atoms. The topological polar surface area (TPSA) is 20.2 Å². The summed E-state index contributed by atoms with van der Waals surface area (Å²) in [6, 6.07) is 10.7. The third kappa shape index (κ3) is 3.30. The Morgan fingerprint density at radius 3 is 2.19 bits per heavy atom. The molecule has 0 saturated carbocycles. The Hall–Kier alpha value is -1.74. The standard InChI is InChI=1S/C18H20F2O/c1-4-18(2,3)13-7-5-12(6-8-13)17(21)15-10-9-14(19)11-16(15)20/h5-11,17,21H,4H2,1-3H3. The van der Waals surface area contributed by atoms with Gasteiger partial charge in [0.25, 0.3) is 0 Å². The lowest BCUT2D eigenvalue weighted by atomic mass is 9.81. The molecule has 21 heavy (non-hydrogen) atoms. The van der Waals surface area contributed by atoms with Gasteiger partial charge in [-0.25, -0.2) is 8.78 Å². The zero-order chi connectivity index (χ0) is 15.6. The van der Waals surface area contributed by atoms with Crippen LogP contribution < -0.4 is 0 Å². The lowest BCUT2D eigenvalue weighted by molar-refractivity contribution is 0.214. The Morgan fingerprint density at radius 1 is 1.05 bits per heavy atom. The maximum Gasteiger partial charge on any atom is 0.132 e. The van der Waals surface area contributed by atoms with E-state index in [2.05, 4.69) is 20.8 Å². The molecule has 0 amide bonds. The normalized spacial score (nSPS) is 13.2. The van der Waals surface area contributed by atoms with Gasteiger partial charge in [0.2, 0.25) is 0 Å². The molecule has 0 aliphatic heterocycles. The first kappa shape index (κ1) is 15.6. The molecule has 1 N–H and O–H groups in total. The molecule has 2 rings (SSSR count). The van der Waals surface area contributed by atoms with Crippen LogP contribution in [0.25, 0.3) is 0 Å². The molecule has 1 atom stereocenters. The molecule has 0 radical (unpaired) electrons. The second kappa shape index (κ2) is 5.94. The van der Waals surface area contributed by atoms with Gasteiger partial charge in [-0.2, -0.15) is 0 Å². The number of benzene rings is 2. The molecule has 1 nitrogen and oxygen atoms in total. The lowest BCUT2D eigenvalue weighted by Gasteiger charge is -2.24. The zero-order valence-corrected chi connectivity index (χ0v) is 12.5. The van der Waals surface area contributed by atoms with Crippen molar-refractivity contribution in [1.29, 1.82) is 0 Å². The Morgan fingerprint density at radius 2 is 1.67 bits per heavy atom. The highest BCUT2D eigenvalue weighted by atomic mass is 19.1. The van der Waals surface area contributed by atoms with Crippen molar-refractivity contribution in [3.8, 4) is 0 Å². The van der Waals surface area contributed by atoms with Crippen LogP contribution in [-0.4, -0.2) is 5.11 Å². The lowest BCUT2D eigenvalue weighted by Crippen LogP contribution is -2.15. The largest absolute Gasteiger partial charge is 0.384 e. The van der Waals surface area contributed by atoms with Crippen LogP contribution in [0.4, 0.5) is 8.78 Å². The van der Waals surface area contributed by atoms with E-state index in [1.807, 2.05) is 12.1 Å². The summed E-state index contributed by atoms with van der Waals surface area (Å²) in [6.45, 7) is 6.42. The quantitative estimate of drug-likeness (QED) is 0.862. The second-order valence-electron chi connectivity index (χ2n) is 5.93. The smallest absolute Gasteiger partial charge is 0.132 e. The van der Waals surface area contributed by atoms with Crippen LogP contribution in [0, 0.1) is 11.6 Å². The monoisotopic (exact) mass is 290 g/mol. The van der Waals surface area contributed by atoms with E-state index >= 15 is 0 Å². The first-order valence-corrected chi connectivity index (χ1v) is 7.08. The van der Waals surface area contributed by atoms with Crippen molar-refractivity contribution in [2.24, 2.45) is 0 Å². The first-order chi connectivity index (χ1) is 9.85. The average Bonchev–Trinajstić information content (AvgIpc) is 2.47. The molecule has 0 saturated heterocycles. The van der Waals surface area contributed by atoms with E-state index in [1.54, 1.807) is 12.1 Å². The van der Waals surface area contributed by atoms with Gasteiger partial charge in [-0.05, 0) is 29.0 Å². The van der Waals surface area contributed by atoms with Crippen molar-refractivity contribution in [1.82, 2.24) is 0 Å². The summed E-state index contributed by atoms with van der Waals surface area (Å²) in [5.74, 6) is -1.39. The summed E-state index contributed by atoms with van der Waals surface area (Å²) in [6.07, 6.45) is -0.0917. The minimum absolute atomic E-state index is 0.0601. The molecule has 0 aliphatic rings. The molecule has 2 aromatic rings. The molecule has 0 aromatic heterocycles. The highest BCUT2D eigenvalue weighted by Crippen LogP contribution is 2.30. The van der Waals surface area contributed by atoms with Crippen molar-refractivity contribution < 1.29 is 13.9 Å². The Kier molecular flexibility index (Phi) is 4.43. The Labute approximate surface area is 124 Å². The third-order valence-corrected chi connectivity index (χ3v) is 4.15. The molecule has 2 aromatic carbocycles. The minimum atomic E-state index is -1.09. The fraction of sp³-hybridized carbons (Fsp3) is 0.333. The number of aliphatic hydroxyl groups excluding tert-OH is 1. The molecule has 0 fully saturated rings. The van der Waals surface area contributed by atoms with E-state index in [-0.39, 0.29) is 11.0 Å². The Balaban J connectivity index is 2.30. The molecule has 0 heterocycles. The Bertz CT molecular complexity index is 618. The number of halogens is 2. The van der Waals surface area contributed by atoms with Gasteiger partial charge in [-0.1, -0.05) is 51.1 Å². The van der Waals surface area contributed by atoms with Crippen molar-refractivity contribution in [3.63, 3.8) is 0 Å². The third-order valence-electron chi connectivity index (χ3n) is 4.15. The predicted molar refractivity (Wildman–Crippen MR) is 80.2 cm³/mol. The summed E-state index contributed by atoms with van der Waals surface area (Å²) in [5, 5.41) is 10.3. The second-order valence-corrected chi connectivity index (χ2v) is 5.93. The van der Waals surface area contributed by atoms with E-state index in [4.69, 9.17) is 0 Å². The predicted octanol–water partition coefficient (Wildman–Crippen LogP) is 4.73. The maximum atomic E-state index is 13.7. The van der Waals surface area contributed by atoms with Gasteiger partial charge in [0.1, 0.15) is 17.7 Å². The van der Waals surface area contributed by atoms with Gasteiger partial charge in [0, 0.05) is 11.6 Å². The number of rotatable bonds is 4. The van der Waals surface area contributed by atoms with Crippen LogP contribution in [0.5, 0.6) is 0 Å². The number of aliphatic hydroxyl groups is 1. The van der Waals surface area contributed by atoms with Crippen LogP contribution in [0.2, 0.25) is 0 Å². The summed E-state index contributed by atoms with van der Waals surface area (Å²) in [7, 11) is 0. The fourth-order valence-corrected chi connectivity index (χ4v) is 2.22. The molecular formula is C18H20F2O. The summed E-state index contributed by atoms with van der Waals surface area (Å²) in [4.78, 5) is 0. The van der Waals surface area contributed by atoms with Crippen LogP contribution in [-0.2, 0) is 5.41 Å². The van der Waals surface area contributed by atoms with E-state index in [9.17, 15) is 13.9 Å².